The van der Waals surface area contributed by atoms with Crippen LogP contribution in [-0.2, 0) is 16.0 Å². The second kappa shape index (κ2) is 9.59. The Morgan fingerprint density at radius 2 is 2.10 bits per heavy atom. The Kier molecular flexibility index (Phi) is 6.64. The van der Waals surface area contributed by atoms with Crippen molar-refractivity contribution >= 4 is 62.7 Å². The number of hydrogen-bond acceptors (Lipinski definition) is 7. The van der Waals surface area contributed by atoms with E-state index < -0.39 is 0 Å². The number of carbonyl (C=O) groups is 2. The van der Waals surface area contributed by atoms with Gasteiger partial charge < -0.3 is 9.73 Å². The number of aromatic nitrogens is 1. The number of thiazole rings is 1. The molecule has 1 aliphatic rings. The molecule has 2 aromatic heterocycles. The minimum atomic E-state index is -0.214. The molecule has 9 heteroatoms. The van der Waals surface area contributed by atoms with Crippen LogP contribution in [0.3, 0.4) is 0 Å². The highest BCUT2D eigenvalue weighted by atomic mass is 32.2. The molecule has 1 fully saturated rings. The molecule has 0 aliphatic carbocycles. The van der Waals surface area contributed by atoms with E-state index in [4.69, 9.17) is 16.6 Å². The second-order valence-electron chi connectivity index (χ2n) is 6.94. The molecule has 0 bridgehead atoms. The fraction of sp³-hybridized carbons (Fsp3) is 0.182. The average Bonchev–Trinajstić information content (AvgIpc) is 3.46. The molecule has 0 spiro atoms. The van der Waals surface area contributed by atoms with Gasteiger partial charge in [0.15, 0.2) is 5.13 Å². The van der Waals surface area contributed by atoms with Gasteiger partial charge in [-0.3, -0.25) is 14.5 Å². The van der Waals surface area contributed by atoms with Crippen LogP contribution in [0.4, 0.5) is 5.13 Å². The topological polar surface area (TPSA) is 75.4 Å². The van der Waals surface area contributed by atoms with Crippen LogP contribution in [0.15, 0.2) is 58.2 Å². The molecule has 2 amide bonds. The van der Waals surface area contributed by atoms with Crippen molar-refractivity contribution in [3.05, 3.63) is 75.5 Å². The van der Waals surface area contributed by atoms with Gasteiger partial charge in [0.1, 0.15) is 10.1 Å². The molecule has 31 heavy (non-hydrogen) atoms. The fourth-order valence-electron chi connectivity index (χ4n) is 2.94. The molecule has 1 aromatic carbocycles. The summed E-state index contributed by atoms with van der Waals surface area (Å²) in [5, 5.41) is 3.36. The van der Waals surface area contributed by atoms with Gasteiger partial charge in [-0.25, -0.2) is 4.98 Å². The van der Waals surface area contributed by atoms with Gasteiger partial charge in [-0.1, -0.05) is 53.8 Å². The Morgan fingerprint density at radius 1 is 1.29 bits per heavy atom. The lowest BCUT2D eigenvalue weighted by Gasteiger charge is -2.13. The molecule has 0 atom stereocenters. The molecule has 158 valence electrons. The van der Waals surface area contributed by atoms with Crippen LogP contribution in [0.25, 0.3) is 6.08 Å². The summed E-state index contributed by atoms with van der Waals surface area (Å²) in [4.78, 5) is 32.2. The van der Waals surface area contributed by atoms with E-state index in [1.165, 1.54) is 39.1 Å². The number of benzene rings is 1. The minimum Gasteiger partial charge on any atom is -0.465 e. The number of thioether (sulfide) groups is 1. The number of aryl methyl sites for hydroxylation is 1. The van der Waals surface area contributed by atoms with Crippen LogP contribution in [-0.4, -0.2) is 32.6 Å². The van der Waals surface area contributed by atoms with Crippen molar-refractivity contribution in [1.29, 1.82) is 0 Å². The van der Waals surface area contributed by atoms with Gasteiger partial charge in [-0.05, 0) is 24.6 Å². The van der Waals surface area contributed by atoms with Crippen molar-refractivity contribution in [2.45, 2.75) is 19.8 Å². The van der Waals surface area contributed by atoms with Gasteiger partial charge in [-0.2, -0.15) is 0 Å². The number of anilines is 1. The smallest absolute Gasteiger partial charge is 0.266 e. The van der Waals surface area contributed by atoms with Crippen molar-refractivity contribution in [2.24, 2.45) is 0 Å². The van der Waals surface area contributed by atoms with E-state index in [2.05, 4.69) is 41.5 Å². The number of furan rings is 1. The Bertz CT molecular complexity index is 1130. The fourth-order valence-corrected chi connectivity index (χ4v) is 5.10. The summed E-state index contributed by atoms with van der Waals surface area (Å²) >= 11 is 7.96. The van der Waals surface area contributed by atoms with Gasteiger partial charge in [0.25, 0.3) is 5.91 Å². The normalized spacial score (nSPS) is 15.1. The molecule has 0 radical (unpaired) electrons. The SMILES string of the molecule is Cc1ccc(Cc2cnc(NC(=O)CCN3C(=O)/C(=C\c4ccco4)SC3=S)s2)cc1. The molecule has 1 saturated heterocycles. The summed E-state index contributed by atoms with van der Waals surface area (Å²) in [5.41, 5.74) is 2.42. The Hall–Kier alpha value is -2.75. The maximum absolute atomic E-state index is 12.6. The Labute approximate surface area is 193 Å². The summed E-state index contributed by atoms with van der Waals surface area (Å²) in [7, 11) is 0. The average molecular weight is 470 g/mol. The standard InChI is InChI=1S/C22H19N3O3S3/c1-14-4-6-15(7-5-14)11-17-13-23-21(30-17)24-19(26)8-9-25-20(27)18(31-22(25)29)12-16-3-2-10-28-16/h2-7,10,12-13H,8-9,11H2,1H3,(H,23,24,26)/b18-12+. The van der Waals surface area contributed by atoms with Crippen molar-refractivity contribution in [2.75, 3.05) is 11.9 Å². The highest BCUT2D eigenvalue weighted by molar-refractivity contribution is 8.26. The van der Waals surface area contributed by atoms with Crippen molar-refractivity contribution in [3.8, 4) is 0 Å². The third-order valence-corrected chi connectivity index (χ3v) is 6.84. The quantitative estimate of drug-likeness (QED) is 0.393. The maximum Gasteiger partial charge on any atom is 0.266 e. The third-order valence-electron chi connectivity index (χ3n) is 4.55. The lowest BCUT2D eigenvalue weighted by molar-refractivity contribution is -0.122. The van der Waals surface area contributed by atoms with Gasteiger partial charge in [-0.15, -0.1) is 11.3 Å². The summed E-state index contributed by atoms with van der Waals surface area (Å²) in [5.74, 6) is 0.164. The van der Waals surface area contributed by atoms with E-state index >= 15 is 0 Å². The number of nitrogens with zero attached hydrogens (tertiary/aromatic N) is 2. The largest absolute Gasteiger partial charge is 0.465 e. The monoisotopic (exact) mass is 469 g/mol. The highest BCUT2D eigenvalue weighted by Gasteiger charge is 2.32. The lowest BCUT2D eigenvalue weighted by atomic mass is 10.1. The third kappa shape index (κ3) is 5.49. The first-order valence-corrected chi connectivity index (χ1v) is 11.6. The number of hydrogen-bond donors (Lipinski definition) is 1. The lowest BCUT2D eigenvalue weighted by Crippen LogP contribution is -2.31. The van der Waals surface area contributed by atoms with Crippen LogP contribution in [0, 0.1) is 6.92 Å². The molecule has 3 heterocycles. The first kappa shape index (κ1) is 21.5. The van der Waals surface area contributed by atoms with Crippen LogP contribution >= 0.6 is 35.3 Å². The molecule has 0 unspecified atom stereocenters. The van der Waals surface area contributed by atoms with E-state index in [0.29, 0.717) is 20.1 Å². The van der Waals surface area contributed by atoms with Crippen molar-refractivity contribution < 1.29 is 14.0 Å². The predicted octanol–water partition coefficient (Wildman–Crippen LogP) is 4.87. The van der Waals surface area contributed by atoms with Gasteiger partial charge in [0.05, 0.1) is 11.2 Å². The number of rotatable bonds is 7. The predicted molar refractivity (Wildman–Crippen MR) is 128 cm³/mol. The number of thiocarbonyl (C=S) groups is 1. The van der Waals surface area contributed by atoms with Crippen molar-refractivity contribution in [3.63, 3.8) is 0 Å². The highest BCUT2D eigenvalue weighted by Crippen LogP contribution is 2.32. The number of amides is 2. The molecule has 0 saturated carbocycles. The maximum atomic E-state index is 12.6. The van der Waals surface area contributed by atoms with Crippen LogP contribution in [0.1, 0.15) is 28.2 Å². The zero-order valence-corrected chi connectivity index (χ0v) is 19.1. The van der Waals surface area contributed by atoms with Gasteiger partial charge in [0.2, 0.25) is 5.91 Å². The zero-order valence-electron chi connectivity index (χ0n) is 16.7. The first-order valence-electron chi connectivity index (χ1n) is 9.57. The van der Waals surface area contributed by atoms with Crippen LogP contribution < -0.4 is 5.32 Å². The molecule has 1 N–H and O–H groups in total. The minimum absolute atomic E-state index is 0.132. The summed E-state index contributed by atoms with van der Waals surface area (Å²) in [6, 6.07) is 11.9. The summed E-state index contributed by atoms with van der Waals surface area (Å²) < 4.78 is 5.69. The van der Waals surface area contributed by atoms with E-state index in [1.807, 2.05) is 0 Å². The Morgan fingerprint density at radius 3 is 2.84 bits per heavy atom. The Balaban J connectivity index is 1.29. The van der Waals surface area contributed by atoms with Crippen molar-refractivity contribution in [1.82, 2.24) is 9.88 Å². The van der Waals surface area contributed by atoms with E-state index in [9.17, 15) is 9.59 Å². The first-order chi connectivity index (χ1) is 15.0. The molecule has 6 nitrogen and oxygen atoms in total. The molecular weight excluding hydrogens is 450 g/mol. The van der Waals surface area contributed by atoms with E-state index in [1.54, 1.807) is 30.7 Å². The van der Waals surface area contributed by atoms with Gasteiger partial charge >= 0.3 is 0 Å². The van der Waals surface area contributed by atoms with Crippen LogP contribution in [0.2, 0.25) is 0 Å². The van der Waals surface area contributed by atoms with E-state index in [0.717, 1.165) is 11.3 Å². The van der Waals surface area contributed by atoms with Gasteiger partial charge in [0, 0.05) is 36.5 Å². The summed E-state index contributed by atoms with van der Waals surface area (Å²) in [6.07, 6.45) is 5.88. The van der Waals surface area contributed by atoms with Crippen LogP contribution in [0.5, 0.6) is 0 Å². The summed E-state index contributed by atoms with van der Waals surface area (Å²) in [6.45, 7) is 2.27. The second-order valence-corrected chi connectivity index (χ2v) is 9.73. The number of carbonyl (C=O) groups excluding carboxylic acids is 2. The number of nitrogens with one attached hydrogen (secondary N) is 1. The zero-order chi connectivity index (χ0) is 21.8. The molecule has 4 rings (SSSR count). The van der Waals surface area contributed by atoms with E-state index in [-0.39, 0.29) is 24.8 Å². The molecule has 3 aromatic rings. The molecular formula is C22H19N3O3S3. The molecule has 1 aliphatic heterocycles.